The summed E-state index contributed by atoms with van der Waals surface area (Å²) in [4.78, 5) is 9.70. The van der Waals surface area contributed by atoms with E-state index in [0.29, 0.717) is 0 Å². The van der Waals surface area contributed by atoms with Gasteiger partial charge in [0.05, 0.1) is 5.97 Å². The van der Waals surface area contributed by atoms with Gasteiger partial charge < -0.3 is 9.90 Å². The summed E-state index contributed by atoms with van der Waals surface area (Å²) in [5.41, 5.74) is 0. The minimum Gasteiger partial charge on any atom is -0.549 e. The number of aliphatic carboxylic acids is 1. The van der Waals surface area contributed by atoms with Gasteiger partial charge in [0.25, 0.3) is 10.1 Å². The SMILES string of the molecule is CC(C(=O)[O-])S(=O)(=O)O.[K+]. The van der Waals surface area contributed by atoms with Crippen LogP contribution < -0.4 is 56.5 Å². The predicted octanol–water partition coefficient (Wildman–Crippen LogP) is -4.98. The Bertz CT molecular complexity index is 207. The fourth-order valence-corrected chi connectivity index (χ4v) is 0.365. The Kier molecular flexibility index (Phi) is 6.53. The van der Waals surface area contributed by atoms with E-state index in [4.69, 9.17) is 4.55 Å². The molecule has 0 aromatic carbocycles. The second-order valence-corrected chi connectivity index (χ2v) is 3.21. The number of carboxylic acid groups (broad SMARTS) is 1. The van der Waals surface area contributed by atoms with Crippen molar-refractivity contribution in [3.8, 4) is 0 Å². The first-order valence-electron chi connectivity index (χ1n) is 2.03. The molecule has 7 heteroatoms. The van der Waals surface area contributed by atoms with Gasteiger partial charge >= 0.3 is 51.4 Å². The van der Waals surface area contributed by atoms with Gasteiger partial charge in [0, 0.05) is 0 Å². The van der Waals surface area contributed by atoms with Crippen LogP contribution in [0.5, 0.6) is 0 Å². The molecule has 0 aromatic heterocycles. The quantitative estimate of drug-likeness (QED) is 0.349. The van der Waals surface area contributed by atoms with Crippen LogP contribution in [0.2, 0.25) is 0 Å². The smallest absolute Gasteiger partial charge is 0.549 e. The van der Waals surface area contributed by atoms with Crippen molar-refractivity contribution in [1.29, 1.82) is 0 Å². The van der Waals surface area contributed by atoms with Crippen molar-refractivity contribution in [2.24, 2.45) is 0 Å². The molecule has 0 saturated carbocycles. The molecule has 0 heterocycles. The minimum absolute atomic E-state index is 0. The Labute approximate surface area is 101 Å². The fraction of sp³-hybridized carbons (Fsp3) is 0.667. The zero-order chi connectivity index (χ0) is 7.65. The Morgan fingerprint density at radius 1 is 1.60 bits per heavy atom. The summed E-state index contributed by atoms with van der Waals surface area (Å²) in [7, 11) is -4.46. The summed E-state index contributed by atoms with van der Waals surface area (Å²) in [6.07, 6.45) is 0. The van der Waals surface area contributed by atoms with E-state index in [0.717, 1.165) is 6.92 Å². The van der Waals surface area contributed by atoms with E-state index in [-0.39, 0.29) is 51.4 Å². The van der Waals surface area contributed by atoms with Crippen LogP contribution in [-0.4, -0.2) is 24.2 Å². The molecule has 1 atom stereocenters. The molecule has 0 aromatic rings. The Hall–Kier alpha value is 1.02. The molecule has 0 fully saturated rings. The minimum atomic E-state index is -4.46. The molecule has 0 spiro atoms. The Morgan fingerprint density at radius 3 is 1.90 bits per heavy atom. The zero-order valence-electron chi connectivity index (χ0n) is 5.57. The molecule has 0 aliphatic rings. The normalized spacial score (nSPS) is 13.4. The molecule has 0 aliphatic carbocycles. The maximum absolute atomic E-state index is 9.91. The van der Waals surface area contributed by atoms with Gasteiger partial charge in [0.15, 0.2) is 0 Å². The Balaban J connectivity index is 0. The summed E-state index contributed by atoms with van der Waals surface area (Å²) >= 11 is 0. The third kappa shape index (κ3) is 4.77. The first-order chi connectivity index (χ1) is 3.85. The first-order valence-corrected chi connectivity index (χ1v) is 3.53. The molecule has 1 N–H and O–H groups in total. The van der Waals surface area contributed by atoms with Crippen LogP contribution in [-0.2, 0) is 14.9 Å². The van der Waals surface area contributed by atoms with Crippen LogP contribution in [0, 0.1) is 0 Å². The van der Waals surface area contributed by atoms with Gasteiger partial charge in [-0.05, 0) is 6.92 Å². The largest absolute Gasteiger partial charge is 1.00 e. The third-order valence-electron chi connectivity index (χ3n) is 0.779. The van der Waals surface area contributed by atoms with Crippen molar-refractivity contribution in [3.05, 3.63) is 0 Å². The van der Waals surface area contributed by atoms with Crippen LogP contribution >= 0.6 is 0 Å². The maximum atomic E-state index is 9.91. The van der Waals surface area contributed by atoms with Crippen molar-refractivity contribution in [1.82, 2.24) is 0 Å². The average Bonchev–Trinajstić information content (AvgIpc) is 1.62. The van der Waals surface area contributed by atoms with Crippen LogP contribution in [0.25, 0.3) is 0 Å². The van der Waals surface area contributed by atoms with Gasteiger partial charge in [-0.3, -0.25) is 4.55 Å². The standard InChI is InChI=1S/C3H6O5S.K/c1-2(3(4)5)9(6,7)8;/h2H,1H3,(H,4,5)(H,6,7,8);/q;+1/p-1. The van der Waals surface area contributed by atoms with Gasteiger partial charge in [0.2, 0.25) is 0 Å². The van der Waals surface area contributed by atoms with Crippen LogP contribution in [0.3, 0.4) is 0 Å². The van der Waals surface area contributed by atoms with Crippen molar-refractivity contribution >= 4 is 16.1 Å². The number of hydrogen-bond acceptors (Lipinski definition) is 4. The van der Waals surface area contributed by atoms with E-state index < -0.39 is 21.3 Å². The van der Waals surface area contributed by atoms with Gasteiger partial charge in [0.1, 0.15) is 5.25 Å². The van der Waals surface area contributed by atoms with E-state index in [9.17, 15) is 18.3 Å². The van der Waals surface area contributed by atoms with Crippen LogP contribution in [0.15, 0.2) is 0 Å². The Morgan fingerprint density at radius 2 is 1.90 bits per heavy atom. The maximum Gasteiger partial charge on any atom is 1.00 e. The summed E-state index contributed by atoms with van der Waals surface area (Å²) in [5.74, 6) is -1.81. The number of rotatable bonds is 2. The predicted molar refractivity (Wildman–Crippen MR) is 26.0 cm³/mol. The summed E-state index contributed by atoms with van der Waals surface area (Å²) in [6.45, 7) is 0.824. The molecular weight excluding hydrogens is 187 g/mol. The third-order valence-corrected chi connectivity index (χ3v) is 1.86. The second kappa shape index (κ2) is 4.81. The van der Waals surface area contributed by atoms with Gasteiger partial charge in [-0.2, -0.15) is 8.42 Å². The van der Waals surface area contributed by atoms with Gasteiger partial charge in [-0.15, -0.1) is 0 Å². The van der Waals surface area contributed by atoms with Gasteiger partial charge in [-0.25, -0.2) is 0 Å². The monoisotopic (exact) mass is 192 g/mol. The molecule has 0 bridgehead atoms. The topological polar surface area (TPSA) is 94.5 Å². The number of carbonyl (C=O) groups excluding carboxylic acids is 1. The second-order valence-electron chi connectivity index (χ2n) is 1.48. The molecule has 0 saturated heterocycles. The van der Waals surface area contributed by atoms with E-state index in [1.807, 2.05) is 0 Å². The number of hydrogen-bond donors (Lipinski definition) is 1. The van der Waals surface area contributed by atoms with E-state index in [1.165, 1.54) is 0 Å². The molecule has 5 nitrogen and oxygen atoms in total. The summed E-state index contributed by atoms with van der Waals surface area (Å²) in [6, 6.07) is 0. The average molecular weight is 192 g/mol. The van der Waals surface area contributed by atoms with E-state index in [2.05, 4.69) is 0 Å². The molecule has 0 amide bonds. The van der Waals surface area contributed by atoms with Crippen molar-refractivity contribution in [2.75, 3.05) is 0 Å². The number of carbonyl (C=O) groups is 1. The van der Waals surface area contributed by atoms with E-state index >= 15 is 0 Å². The van der Waals surface area contributed by atoms with Gasteiger partial charge in [-0.1, -0.05) is 0 Å². The molecule has 0 rings (SSSR count). The number of carboxylic acids is 1. The molecule has 0 radical (unpaired) electrons. The summed E-state index contributed by atoms with van der Waals surface area (Å²) < 4.78 is 27.8. The van der Waals surface area contributed by atoms with Crippen molar-refractivity contribution < 1.29 is 74.3 Å². The molecule has 54 valence electrons. The summed E-state index contributed by atoms with van der Waals surface area (Å²) in [5, 5.41) is 7.85. The first kappa shape index (κ1) is 13.6. The van der Waals surface area contributed by atoms with Crippen LogP contribution in [0.1, 0.15) is 6.92 Å². The fourth-order valence-electron chi connectivity index (χ4n) is 0.122. The molecule has 0 aliphatic heterocycles. The molecule has 10 heavy (non-hydrogen) atoms. The van der Waals surface area contributed by atoms with Crippen molar-refractivity contribution in [3.63, 3.8) is 0 Å². The molecular formula is C3H5KO5S. The molecule has 1 unspecified atom stereocenters. The zero-order valence-corrected chi connectivity index (χ0v) is 9.51. The van der Waals surface area contributed by atoms with Crippen molar-refractivity contribution in [2.45, 2.75) is 12.2 Å². The van der Waals surface area contributed by atoms with E-state index in [1.54, 1.807) is 0 Å². The van der Waals surface area contributed by atoms with Crippen LogP contribution in [0.4, 0.5) is 0 Å².